The summed E-state index contributed by atoms with van der Waals surface area (Å²) in [5.41, 5.74) is 4.52. The van der Waals surface area contributed by atoms with E-state index in [0.29, 0.717) is 0 Å². The zero-order valence-corrected chi connectivity index (χ0v) is 10.2. The molecule has 0 fully saturated rings. The molecule has 1 atom stereocenters. The van der Waals surface area contributed by atoms with Crippen molar-refractivity contribution < 1.29 is 27.1 Å². The highest BCUT2D eigenvalue weighted by Crippen LogP contribution is 2.22. The maximum absolute atomic E-state index is 13.8. The maximum atomic E-state index is 13.8. The van der Waals surface area contributed by atoms with Crippen LogP contribution in [0.15, 0.2) is 17.0 Å². The van der Waals surface area contributed by atoms with Crippen molar-refractivity contribution in [3.8, 4) is 0 Å². The van der Waals surface area contributed by atoms with Crippen molar-refractivity contribution in [2.45, 2.75) is 17.4 Å². The highest BCUT2D eigenvalue weighted by Gasteiger charge is 2.23. The van der Waals surface area contributed by atoms with Crippen LogP contribution in [0.1, 0.15) is 5.56 Å². The number of rotatable bonds is 4. The number of carbonyl (C=O) groups is 1. The van der Waals surface area contributed by atoms with Gasteiger partial charge in [-0.1, -0.05) is 0 Å². The Morgan fingerprint density at radius 3 is 2.44 bits per heavy atom. The predicted octanol–water partition coefficient (Wildman–Crippen LogP) is 0.323. The summed E-state index contributed by atoms with van der Waals surface area (Å²) in [4.78, 5) is 9.84. The topological polar surface area (TPSA) is 97.5 Å². The van der Waals surface area contributed by atoms with E-state index < -0.39 is 50.4 Å². The zero-order valence-electron chi connectivity index (χ0n) is 9.35. The average Bonchev–Trinajstić information content (AvgIpc) is 2.21. The van der Waals surface area contributed by atoms with E-state index in [1.165, 1.54) is 0 Å². The molecule has 0 aliphatic rings. The number of nitrogens with two attached hydrogens (primary N) is 1. The van der Waals surface area contributed by atoms with Gasteiger partial charge in [-0.15, -0.1) is 0 Å². The summed E-state index contributed by atoms with van der Waals surface area (Å²) >= 11 is 0. The number of halogens is 2. The molecule has 1 aromatic carbocycles. The SMILES string of the molecule is CS(=O)(=O)c1ccc(F)c(CC(N)C(=O)O)c1F. The molecule has 0 heterocycles. The van der Waals surface area contributed by atoms with Gasteiger partial charge in [0.05, 0.1) is 0 Å². The van der Waals surface area contributed by atoms with Crippen molar-refractivity contribution in [3.63, 3.8) is 0 Å². The van der Waals surface area contributed by atoms with Crippen LogP contribution in [0.3, 0.4) is 0 Å². The second kappa shape index (κ2) is 4.99. The van der Waals surface area contributed by atoms with Crippen molar-refractivity contribution >= 4 is 15.8 Å². The lowest BCUT2D eigenvalue weighted by molar-refractivity contribution is -0.138. The molecule has 0 amide bonds. The molecule has 100 valence electrons. The molecule has 0 aromatic heterocycles. The fourth-order valence-corrected chi connectivity index (χ4v) is 2.12. The van der Waals surface area contributed by atoms with Gasteiger partial charge in [0, 0.05) is 18.2 Å². The molecule has 0 aliphatic heterocycles. The Morgan fingerprint density at radius 1 is 1.44 bits per heavy atom. The average molecular weight is 279 g/mol. The van der Waals surface area contributed by atoms with Gasteiger partial charge in [-0.05, 0) is 12.1 Å². The molecule has 0 saturated carbocycles. The smallest absolute Gasteiger partial charge is 0.320 e. The largest absolute Gasteiger partial charge is 0.480 e. The minimum atomic E-state index is -3.86. The molecule has 0 bridgehead atoms. The van der Waals surface area contributed by atoms with Gasteiger partial charge in [0.15, 0.2) is 9.84 Å². The Balaban J connectivity index is 3.32. The highest BCUT2D eigenvalue weighted by atomic mass is 32.2. The van der Waals surface area contributed by atoms with Gasteiger partial charge < -0.3 is 10.8 Å². The summed E-state index contributed by atoms with van der Waals surface area (Å²) in [7, 11) is -3.86. The lowest BCUT2D eigenvalue weighted by Crippen LogP contribution is -2.33. The monoisotopic (exact) mass is 279 g/mol. The molecular formula is C10H11F2NO4S. The van der Waals surface area contributed by atoms with E-state index in [2.05, 4.69) is 0 Å². The molecule has 0 radical (unpaired) electrons. The molecule has 5 nitrogen and oxygen atoms in total. The Bertz CT molecular complexity index is 586. The van der Waals surface area contributed by atoms with E-state index in [9.17, 15) is 22.0 Å². The fourth-order valence-electron chi connectivity index (χ4n) is 1.36. The highest BCUT2D eigenvalue weighted by molar-refractivity contribution is 7.90. The first kappa shape index (κ1) is 14.5. The number of hydrogen-bond donors (Lipinski definition) is 2. The Hall–Kier alpha value is -1.54. The predicted molar refractivity (Wildman–Crippen MR) is 58.8 cm³/mol. The molecule has 18 heavy (non-hydrogen) atoms. The van der Waals surface area contributed by atoms with Crippen LogP contribution in [-0.2, 0) is 21.1 Å². The molecule has 1 unspecified atom stereocenters. The lowest BCUT2D eigenvalue weighted by Gasteiger charge is -2.11. The first-order valence-electron chi connectivity index (χ1n) is 4.80. The minimum Gasteiger partial charge on any atom is -0.480 e. The van der Waals surface area contributed by atoms with Crippen molar-refractivity contribution in [3.05, 3.63) is 29.3 Å². The molecule has 0 saturated heterocycles. The summed E-state index contributed by atoms with van der Waals surface area (Å²) in [6, 6.07) is 0.0444. The first-order chi connectivity index (χ1) is 8.14. The van der Waals surface area contributed by atoms with Crippen molar-refractivity contribution in [2.24, 2.45) is 5.73 Å². The van der Waals surface area contributed by atoms with Crippen molar-refractivity contribution in [1.82, 2.24) is 0 Å². The third-order valence-corrected chi connectivity index (χ3v) is 3.41. The molecule has 1 aromatic rings. The van der Waals surface area contributed by atoms with E-state index in [1.807, 2.05) is 0 Å². The minimum absolute atomic E-state index is 0.629. The third-order valence-electron chi connectivity index (χ3n) is 2.29. The number of carboxylic acid groups (broad SMARTS) is 1. The second-order valence-electron chi connectivity index (χ2n) is 3.76. The molecule has 8 heteroatoms. The lowest BCUT2D eigenvalue weighted by atomic mass is 10.1. The van der Waals surface area contributed by atoms with Gasteiger partial charge in [0.2, 0.25) is 0 Å². The van der Waals surface area contributed by atoms with Gasteiger partial charge in [-0.3, -0.25) is 4.79 Å². The molecule has 1 rings (SSSR count). The standard InChI is InChI=1S/C10H11F2NO4S/c1-18(16,17)8-3-2-6(11)5(9(8)12)4-7(13)10(14)15/h2-3,7H,4,13H2,1H3,(H,14,15). The summed E-state index contributed by atoms with van der Waals surface area (Å²) < 4.78 is 49.6. The van der Waals surface area contributed by atoms with Crippen LogP contribution in [0, 0.1) is 11.6 Å². The van der Waals surface area contributed by atoms with Gasteiger partial charge in [-0.2, -0.15) is 0 Å². The Kier molecular flexibility index (Phi) is 4.02. The van der Waals surface area contributed by atoms with Crippen molar-refractivity contribution in [2.75, 3.05) is 6.26 Å². The van der Waals surface area contributed by atoms with Crippen LogP contribution >= 0.6 is 0 Å². The Labute approximate surface area is 102 Å². The number of hydrogen-bond acceptors (Lipinski definition) is 4. The van der Waals surface area contributed by atoms with Gasteiger partial charge >= 0.3 is 5.97 Å². The first-order valence-corrected chi connectivity index (χ1v) is 6.69. The van der Waals surface area contributed by atoms with Gasteiger partial charge in [0.25, 0.3) is 0 Å². The molecule has 0 aliphatic carbocycles. The summed E-state index contributed by atoms with van der Waals surface area (Å²) in [5.74, 6) is -3.76. The van der Waals surface area contributed by atoms with E-state index >= 15 is 0 Å². The quantitative estimate of drug-likeness (QED) is 0.774. The van der Waals surface area contributed by atoms with Crippen LogP contribution < -0.4 is 5.73 Å². The number of sulfone groups is 1. The van der Waals surface area contributed by atoms with E-state index in [4.69, 9.17) is 10.8 Å². The van der Waals surface area contributed by atoms with Crippen LogP contribution in [-0.4, -0.2) is 31.8 Å². The summed E-state index contributed by atoms with van der Waals surface area (Å²) in [6.45, 7) is 0. The molecule has 0 spiro atoms. The van der Waals surface area contributed by atoms with Crippen LogP contribution in [0.4, 0.5) is 8.78 Å². The van der Waals surface area contributed by atoms with E-state index in [0.717, 1.165) is 18.4 Å². The maximum Gasteiger partial charge on any atom is 0.320 e. The second-order valence-corrected chi connectivity index (χ2v) is 5.74. The molecular weight excluding hydrogens is 268 g/mol. The summed E-state index contributed by atoms with van der Waals surface area (Å²) in [6.07, 6.45) is 0.139. The number of aliphatic carboxylic acids is 1. The van der Waals surface area contributed by atoms with E-state index in [1.54, 1.807) is 0 Å². The normalized spacial score (nSPS) is 13.3. The number of carboxylic acids is 1. The van der Waals surface area contributed by atoms with E-state index in [-0.39, 0.29) is 0 Å². The number of benzene rings is 1. The van der Waals surface area contributed by atoms with Gasteiger partial charge in [-0.25, -0.2) is 17.2 Å². The third kappa shape index (κ3) is 3.02. The van der Waals surface area contributed by atoms with Gasteiger partial charge in [0.1, 0.15) is 22.6 Å². The Morgan fingerprint density at radius 2 is 2.00 bits per heavy atom. The van der Waals surface area contributed by atoms with Crippen LogP contribution in [0.25, 0.3) is 0 Å². The van der Waals surface area contributed by atoms with Crippen LogP contribution in [0.5, 0.6) is 0 Å². The van der Waals surface area contributed by atoms with Crippen LogP contribution in [0.2, 0.25) is 0 Å². The molecule has 3 N–H and O–H groups in total. The zero-order chi connectivity index (χ0) is 14.1. The van der Waals surface area contributed by atoms with Crippen molar-refractivity contribution in [1.29, 1.82) is 0 Å². The summed E-state index contributed by atoms with van der Waals surface area (Å²) in [5, 5.41) is 8.57. The fraction of sp³-hybridized carbons (Fsp3) is 0.300.